The zero-order chi connectivity index (χ0) is 21.1. The van der Waals surface area contributed by atoms with Crippen LogP contribution in [-0.2, 0) is 27.0 Å². The number of ether oxygens (including phenoxy) is 1. The van der Waals surface area contributed by atoms with E-state index in [-0.39, 0.29) is 26.1 Å². The van der Waals surface area contributed by atoms with E-state index in [1.165, 1.54) is 12.1 Å². The van der Waals surface area contributed by atoms with E-state index in [1.807, 2.05) is 0 Å². The molecule has 11 heteroatoms. The average molecular weight is 423 g/mol. The summed E-state index contributed by atoms with van der Waals surface area (Å²) in [4.78, 5) is 38.3. The van der Waals surface area contributed by atoms with E-state index >= 15 is 0 Å². The van der Waals surface area contributed by atoms with Crippen LogP contribution in [0.3, 0.4) is 0 Å². The maximum atomic E-state index is 12.7. The Morgan fingerprint density at radius 3 is 2.32 bits per heavy atom. The van der Waals surface area contributed by atoms with Crippen molar-refractivity contribution in [2.24, 2.45) is 0 Å². The molecule has 2 amide bonds. The molecule has 0 bridgehead atoms. The van der Waals surface area contributed by atoms with Gasteiger partial charge in [-0.25, -0.2) is 9.59 Å². The maximum absolute atomic E-state index is 12.7. The predicted octanol–water partition coefficient (Wildman–Crippen LogP) is 2.57. The number of amides is 2. The third-order valence-electron chi connectivity index (χ3n) is 4.64. The first kappa shape index (κ1) is 21.8. The minimum Gasteiger partial charge on any atom is -0.467 e. The van der Waals surface area contributed by atoms with Gasteiger partial charge in [-0.3, -0.25) is 4.79 Å². The van der Waals surface area contributed by atoms with Crippen molar-refractivity contribution in [1.82, 2.24) is 9.80 Å². The van der Waals surface area contributed by atoms with E-state index in [9.17, 15) is 32.7 Å². The maximum Gasteiger partial charge on any atom is 0.416 e. The molecule has 1 aromatic rings. The molecule has 1 saturated heterocycles. The van der Waals surface area contributed by atoms with Crippen LogP contribution >= 0.6 is 11.6 Å². The second kappa shape index (κ2) is 8.26. The first-order chi connectivity index (χ1) is 13.0. The molecule has 2 rings (SSSR count). The van der Waals surface area contributed by atoms with Crippen molar-refractivity contribution in [1.29, 1.82) is 0 Å². The fourth-order valence-electron chi connectivity index (χ4n) is 3.18. The van der Waals surface area contributed by atoms with E-state index in [0.29, 0.717) is 5.56 Å². The Morgan fingerprint density at radius 2 is 1.89 bits per heavy atom. The van der Waals surface area contributed by atoms with Crippen LogP contribution in [-0.4, -0.2) is 64.5 Å². The lowest BCUT2D eigenvalue weighted by atomic mass is 9.94. The molecule has 1 unspecified atom stereocenters. The Bertz CT molecular complexity index is 756. The van der Waals surface area contributed by atoms with Crippen molar-refractivity contribution < 1.29 is 37.4 Å². The molecule has 1 atom stereocenters. The van der Waals surface area contributed by atoms with E-state index < -0.39 is 41.1 Å². The van der Waals surface area contributed by atoms with Crippen LogP contribution in [0.4, 0.5) is 18.0 Å². The highest BCUT2D eigenvalue weighted by molar-refractivity contribution is 6.27. The molecule has 7 nitrogen and oxygen atoms in total. The second-order valence-electron chi connectivity index (χ2n) is 6.29. The molecule has 0 aromatic heterocycles. The topological polar surface area (TPSA) is 87.2 Å². The standard InChI is InChI=1S/C17H18ClF3N2O5/c1-28-14(25)16(6-7-22(10-16)15(26)27)23(13(24)8-18)9-11-2-4-12(5-3-11)17(19,20)21/h2-5H,6-10H2,1H3,(H,26,27). The Morgan fingerprint density at radius 1 is 1.29 bits per heavy atom. The van der Waals surface area contributed by atoms with Gasteiger partial charge in [-0.15, -0.1) is 11.6 Å². The Labute approximate surface area is 163 Å². The van der Waals surface area contributed by atoms with Gasteiger partial charge in [-0.2, -0.15) is 13.2 Å². The Hall–Kier alpha value is -2.49. The number of esters is 1. The molecule has 0 aliphatic carbocycles. The number of halogens is 4. The van der Waals surface area contributed by atoms with Crippen molar-refractivity contribution in [3.05, 3.63) is 35.4 Å². The van der Waals surface area contributed by atoms with E-state index in [1.54, 1.807) is 0 Å². The van der Waals surface area contributed by atoms with Crippen molar-refractivity contribution in [2.75, 3.05) is 26.1 Å². The summed E-state index contributed by atoms with van der Waals surface area (Å²) in [5.74, 6) is -1.98. The summed E-state index contributed by atoms with van der Waals surface area (Å²) in [5, 5.41) is 9.21. The molecular weight excluding hydrogens is 405 g/mol. The number of alkyl halides is 4. The molecule has 0 spiro atoms. The number of hydrogen-bond donors (Lipinski definition) is 1. The number of carbonyl (C=O) groups excluding carboxylic acids is 2. The van der Waals surface area contributed by atoms with Crippen molar-refractivity contribution in [3.63, 3.8) is 0 Å². The number of carbonyl (C=O) groups is 3. The van der Waals surface area contributed by atoms with Gasteiger partial charge in [-0.1, -0.05) is 12.1 Å². The Kier molecular flexibility index (Phi) is 6.43. The summed E-state index contributed by atoms with van der Waals surface area (Å²) in [5.41, 5.74) is -2.14. The lowest BCUT2D eigenvalue weighted by molar-refractivity contribution is -0.161. The van der Waals surface area contributed by atoms with Crippen LogP contribution < -0.4 is 0 Å². The van der Waals surface area contributed by atoms with Crippen LogP contribution in [0.25, 0.3) is 0 Å². The summed E-state index contributed by atoms with van der Waals surface area (Å²) in [6.07, 6.45) is -5.79. The number of hydrogen-bond acceptors (Lipinski definition) is 4. The van der Waals surface area contributed by atoms with Gasteiger partial charge in [0.05, 0.1) is 19.2 Å². The highest BCUT2D eigenvalue weighted by Crippen LogP contribution is 2.33. The van der Waals surface area contributed by atoms with E-state index in [2.05, 4.69) is 0 Å². The zero-order valence-electron chi connectivity index (χ0n) is 14.8. The summed E-state index contributed by atoms with van der Waals surface area (Å²) in [6.45, 7) is -0.561. The SMILES string of the molecule is COC(=O)C1(N(Cc2ccc(C(F)(F)F)cc2)C(=O)CCl)CCN(C(=O)O)C1. The summed E-state index contributed by atoms with van der Waals surface area (Å²) in [6, 6.07) is 4.10. The van der Waals surface area contributed by atoms with Gasteiger partial charge in [-0.05, 0) is 17.7 Å². The lowest BCUT2D eigenvalue weighted by Crippen LogP contribution is -2.59. The molecule has 154 valence electrons. The van der Waals surface area contributed by atoms with E-state index in [0.717, 1.165) is 29.0 Å². The summed E-state index contributed by atoms with van der Waals surface area (Å²) < 4.78 is 43.0. The summed E-state index contributed by atoms with van der Waals surface area (Å²) in [7, 11) is 1.11. The van der Waals surface area contributed by atoms with Gasteiger partial charge in [0, 0.05) is 19.5 Å². The molecule has 1 N–H and O–H groups in total. The second-order valence-corrected chi connectivity index (χ2v) is 6.55. The fraction of sp³-hybridized carbons (Fsp3) is 0.471. The number of carboxylic acid groups (broad SMARTS) is 1. The number of rotatable bonds is 5. The monoisotopic (exact) mass is 422 g/mol. The van der Waals surface area contributed by atoms with Gasteiger partial charge in [0.15, 0.2) is 5.54 Å². The van der Waals surface area contributed by atoms with Gasteiger partial charge in [0.25, 0.3) is 0 Å². The molecule has 1 aromatic carbocycles. The molecule has 1 fully saturated rings. The highest BCUT2D eigenvalue weighted by Gasteiger charge is 2.53. The molecule has 1 heterocycles. The molecule has 28 heavy (non-hydrogen) atoms. The highest BCUT2D eigenvalue weighted by atomic mass is 35.5. The third kappa shape index (κ3) is 4.32. The largest absolute Gasteiger partial charge is 0.467 e. The molecule has 0 saturated carbocycles. The van der Waals surface area contributed by atoms with Crippen molar-refractivity contribution in [2.45, 2.75) is 24.7 Å². The van der Waals surface area contributed by atoms with Gasteiger partial charge in [0.1, 0.15) is 5.88 Å². The quantitative estimate of drug-likeness (QED) is 0.582. The van der Waals surface area contributed by atoms with Crippen LogP contribution in [0.15, 0.2) is 24.3 Å². The van der Waals surface area contributed by atoms with Crippen molar-refractivity contribution in [3.8, 4) is 0 Å². The van der Waals surface area contributed by atoms with Gasteiger partial charge >= 0.3 is 18.2 Å². The Balaban J connectivity index is 2.39. The number of likely N-dealkylation sites (tertiary alicyclic amines) is 1. The normalized spacial score (nSPS) is 19.4. The lowest BCUT2D eigenvalue weighted by Gasteiger charge is -2.38. The first-order valence-corrected chi connectivity index (χ1v) is 8.67. The summed E-state index contributed by atoms with van der Waals surface area (Å²) >= 11 is 5.66. The van der Waals surface area contributed by atoms with Crippen LogP contribution in [0.1, 0.15) is 17.5 Å². The minimum atomic E-state index is -4.51. The zero-order valence-corrected chi connectivity index (χ0v) is 15.6. The van der Waals surface area contributed by atoms with E-state index in [4.69, 9.17) is 16.3 Å². The molecule has 0 radical (unpaired) electrons. The average Bonchev–Trinajstić information content (AvgIpc) is 3.11. The van der Waals surface area contributed by atoms with Crippen LogP contribution in [0, 0.1) is 0 Å². The van der Waals surface area contributed by atoms with Crippen LogP contribution in [0.2, 0.25) is 0 Å². The number of benzene rings is 1. The van der Waals surface area contributed by atoms with Gasteiger partial charge < -0.3 is 19.6 Å². The first-order valence-electron chi connectivity index (χ1n) is 8.14. The van der Waals surface area contributed by atoms with Crippen LogP contribution in [0.5, 0.6) is 0 Å². The molecule has 1 aliphatic heterocycles. The minimum absolute atomic E-state index is 0.0104. The van der Waals surface area contributed by atoms with Crippen molar-refractivity contribution >= 4 is 29.6 Å². The smallest absolute Gasteiger partial charge is 0.416 e. The third-order valence-corrected chi connectivity index (χ3v) is 4.87. The molecule has 1 aliphatic rings. The molecular formula is C17H18ClF3N2O5. The number of methoxy groups -OCH3 is 1. The fourth-order valence-corrected chi connectivity index (χ4v) is 3.32. The van der Waals surface area contributed by atoms with Gasteiger partial charge in [0.2, 0.25) is 5.91 Å². The predicted molar refractivity (Wildman–Crippen MR) is 91.7 cm³/mol. The number of nitrogens with zero attached hydrogens (tertiary/aromatic N) is 2.